The van der Waals surface area contributed by atoms with Gasteiger partial charge in [-0.05, 0) is 65.9 Å². The number of pyridine rings is 2. The molecule has 7 heteroatoms. The fourth-order valence-corrected chi connectivity index (χ4v) is 6.09. The second kappa shape index (κ2) is 8.00. The summed E-state index contributed by atoms with van der Waals surface area (Å²) in [7, 11) is 0. The highest BCUT2D eigenvalue weighted by Gasteiger charge is 2.51. The highest BCUT2D eigenvalue weighted by Crippen LogP contribution is 2.47. The summed E-state index contributed by atoms with van der Waals surface area (Å²) in [6.07, 6.45) is 4.65. The number of anilines is 4. The van der Waals surface area contributed by atoms with Crippen LogP contribution in [0.2, 0.25) is 0 Å². The van der Waals surface area contributed by atoms with E-state index in [1.54, 1.807) is 24.5 Å². The van der Waals surface area contributed by atoms with Crippen molar-refractivity contribution in [2.75, 3.05) is 22.1 Å². The minimum atomic E-state index is -0.599. The fourth-order valence-electron chi connectivity index (χ4n) is 6.09. The molecule has 0 bridgehead atoms. The molecule has 4 aromatic rings. The van der Waals surface area contributed by atoms with Gasteiger partial charge in [0.1, 0.15) is 11.6 Å². The van der Waals surface area contributed by atoms with Gasteiger partial charge < -0.3 is 15.5 Å². The zero-order chi connectivity index (χ0) is 25.1. The Morgan fingerprint density at radius 2 is 1.86 bits per heavy atom. The van der Waals surface area contributed by atoms with E-state index >= 15 is 0 Å². The van der Waals surface area contributed by atoms with Crippen molar-refractivity contribution in [3.05, 3.63) is 107 Å². The molecule has 4 heterocycles. The number of nitrogens with one attached hydrogen (secondary N) is 2. The molecule has 1 spiro atoms. The lowest BCUT2D eigenvalue weighted by atomic mass is 9.79. The van der Waals surface area contributed by atoms with Crippen LogP contribution in [0.5, 0.6) is 0 Å². The van der Waals surface area contributed by atoms with Crippen LogP contribution in [0.4, 0.5) is 23.0 Å². The summed E-state index contributed by atoms with van der Waals surface area (Å²) in [5.41, 5.74) is 6.31. The Labute approximate surface area is 214 Å². The molecule has 7 nitrogen and oxygen atoms in total. The lowest BCUT2D eigenvalue weighted by molar-refractivity contribution is -0.120. The molecule has 2 N–H and O–H groups in total. The molecule has 37 heavy (non-hydrogen) atoms. The second-order valence-electron chi connectivity index (χ2n) is 10.2. The molecule has 2 atom stereocenters. The Morgan fingerprint density at radius 1 is 1.00 bits per heavy atom. The van der Waals surface area contributed by atoms with E-state index in [1.807, 2.05) is 41.3 Å². The Kier molecular flexibility index (Phi) is 4.70. The van der Waals surface area contributed by atoms with Gasteiger partial charge in [-0.25, -0.2) is 9.97 Å². The molecule has 2 aliphatic heterocycles. The molecule has 0 saturated carbocycles. The number of hydrogen-bond acceptors (Lipinski definition) is 5. The van der Waals surface area contributed by atoms with Gasteiger partial charge in [-0.15, -0.1) is 0 Å². The van der Waals surface area contributed by atoms with Crippen LogP contribution in [-0.4, -0.2) is 28.3 Å². The molecule has 2 amide bonds. The van der Waals surface area contributed by atoms with Crippen LogP contribution in [0.25, 0.3) is 0 Å². The van der Waals surface area contributed by atoms with E-state index < -0.39 is 5.41 Å². The average Bonchev–Trinajstić information content (AvgIpc) is 3.55. The van der Waals surface area contributed by atoms with Gasteiger partial charge in [0.15, 0.2) is 0 Å². The first-order valence-corrected chi connectivity index (χ1v) is 12.5. The van der Waals surface area contributed by atoms with Crippen molar-refractivity contribution < 1.29 is 9.59 Å². The zero-order valence-corrected chi connectivity index (χ0v) is 20.4. The molecule has 0 saturated heterocycles. The number of amides is 2. The summed E-state index contributed by atoms with van der Waals surface area (Å²) in [5.74, 6) is 1.56. The van der Waals surface area contributed by atoms with E-state index in [0.29, 0.717) is 42.5 Å². The number of benzene rings is 2. The van der Waals surface area contributed by atoms with Crippen molar-refractivity contribution in [2.24, 2.45) is 0 Å². The molecule has 182 valence electrons. The van der Waals surface area contributed by atoms with Crippen LogP contribution in [0.15, 0.2) is 79.1 Å². The maximum atomic E-state index is 13.4. The number of carbonyl (C=O) groups is 2. The van der Waals surface area contributed by atoms with Gasteiger partial charge in [0.25, 0.3) is 5.91 Å². The van der Waals surface area contributed by atoms with Crippen LogP contribution >= 0.6 is 0 Å². The second-order valence-corrected chi connectivity index (χ2v) is 10.2. The number of carbonyl (C=O) groups excluding carboxylic acids is 2. The molecule has 7 rings (SSSR count). The van der Waals surface area contributed by atoms with Crippen molar-refractivity contribution in [1.82, 2.24) is 9.97 Å². The van der Waals surface area contributed by atoms with Gasteiger partial charge in [-0.2, -0.15) is 0 Å². The molecule has 0 radical (unpaired) electrons. The smallest absolute Gasteiger partial charge is 0.258 e. The van der Waals surface area contributed by atoms with E-state index in [1.165, 1.54) is 5.56 Å². The first-order chi connectivity index (χ1) is 18.0. The third kappa shape index (κ3) is 3.34. The highest BCUT2D eigenvalue weighted by molar-refractivity contribution is 6.08. The Hall–Kier alpha value is -4.52. The molecule has 2 aromatic carbocycles. The monoisotopic (exact) mass is 487 g/mol. The van der Waals surface area contributed by atoms with Crippen molar-refractivity contribution in [2.45, 2.75) is 31.1 Å². The fraction of sp³-hybridized carbons (Fsp3) is 0.200. The Balaban J connectivity index is 1.13. The predicted octanol–water partition coefficient (Wildman–Crippen LogP) is 4.97. The summed E-state index contributed by atoms with van der Waals surface area (Å²) in [6, 6.07) is 21.7. The summed E-state index contributed by atoms with van der Waals surface area (Å²) in [5, 5.41) is 6.32. The first kappa shape index (κ1) is 21.7. The summed E-state index contributed by atoms with van der Waals surface area (Å²) >= 11 is 0. The van der Waals surface area contributed by atoms with E-state index in [4.69, 9.17) is 0 Å². The number of rotatable bonds is 3. The van der Waals surface area contributed by atoms with E-state index in [9.17, 15) is 9.59 Å². The maximum Gasteiger partial charge on any atom is 0.258 e. The molecule has 2 aromatic heterocycles. The quantitative estimate of drug-likeness (QED) is 0.426. The number of para-hydroxylation sites is 1. The molecular formula is C30H25N5O2. The number of aromatic nitrogens is 2. The first-order valence-electron chi connectivity index (χ1n) is 12.5. The summed E-state index contributed by atoms with van der Waals surface area (Å²) < 4.78 is 0. The SMILES string of the molecule is CC1CN(C(=O)c2ccnc(Nc3ccc4c(c3)CC3(C4)C(=O)Nc4ncccc43)c2)c2ccccc21. The number of fused-ring (bicyclic) bond motifs is 4. The van der Waals surface area contributed by atoms with Crippen LogP contribution in [0.3, 0.4) is 0 Å². The predicted molar refractivity (Wildman–Crippen MR) is 142 cm³/mol. The van der Waals surface area contributed by atoms with Crippen LogP contribution < -0.4 is 15.5 Å². The number of nitrogens with zero attached hydrogens (tertiary/aromatic N) is 3. The normalized spacial score (nSPS) is 20.9. The van der Waals surface area contributed by atoms with E-state index in [0.717, 1.165) is 28.1 Å². The standard InChI is InChI=1S/C30H25N5O2/c1-18-17-35(25-7-3-2-5-23(18)25)28(36)19-10-12-31-26(14-19)33-22-9-8-20-15-30(16-21(20)13-22)24-6-4-11-32-27(24)34-29(30)37/h2-14,18H,15-17H2,1H3,(H,31,33)(H,32,34,37). The van der Waals surface area contributed by atoms with Crippen molar-refractivity contribution >= 4 is 34.8 Å². The summed E-state index contributed by atoms with van der Waals surface area (Å²) in [6.45, 7) is 2.82. The largest absolute Gasteiger partial charge is 0.340 e. The molecule has 1 aliphatic carbocycles. The van der Waals surface area contributed by atoms with Gasteiger partial charge >= 0.3 is 0 Å². The van der Waals surface area contributed by atoms with Crippen LogP contribution in [0.1, 0.15) is 45.5 Å². The lowest BCUT2D eigenvalue weighted by Crippen LogP contribution is -2.35. The maximum absolute atomic E-state index is 13.4. The molecular weight excluding hydrogens is 462 g/mol. The van der Waals surface area contributed by atoms with E-state index in [-0.39, 0.29) is 11.8 Å². The average molecular weight is 488 g/mol. The van der Waals surface area contributed by atoms with Gasteiger partial charge in [0, 0.05) is 47.4 Å². The summed E-state index contributed by atoms with van der Waals surface area (Å²) in [4.78, 5) is 37.1. The Morgan fingerprint density at radius 3 is 2.78 bits per heavy atom. The van der Waals surface area contributed by atoms with Gasteiger partial charge in [-0.1, -0.05) is 37.3 Å². The van der Waals surface area contributed by atoms with Gasteiger partial charge in [-0.3, -0.25) is 9.59 Å². The minimum absolute atomic E-state index is 0.0117. The van der Waals surface area contributed by atoms with Gasteiger partial charge in [0.05, 0.1) is 5.41 Å². The molecule has 0 fully saturated rings. The highest BCUT2D eigenvalue weighted by atomic mass is 16.2. The number of hydrogen-bond donors (Lipinski definition) is 2. The molecule has 3 aliphatic rings. The third-order valence-electron chi connectivity index (χ3n) is 7.92. The minimum Gasteiger partial charge on any atom is -0.340 e. The third-order valence-corrected chi connectivity index (χ3v) is 7.92. The topological polar surface area (TPSA) is 87.2 Å². The van der Waals surface area contributed by atoms with Crippen molar-refractivity contribution in [3.63, 3.8) is 0 Å². The Bertz CT molecular complexity index is 1600. The van der Waals surface area contributed by atoms with E-state index in [2.05, 4.69) is 45.7 Å². The van der Waals surface area contributed by atoms with Crippen LogP contribution in [-0.2, 0) is 23.1 Å². The van der Waals surface area contributed by atoms with Gasteiger partial charge in [0.2, 0.25) is 5.91 Å². The lowest BCUT2D eigenvalue weighted by Gasteiger charge is -2.20. The van der Waals surface area contributed by atoms with Crippen molar-refractivity contribution in [3.8, 4) is 0 Å². The molecule has 2 unspecified atom stereocenters. The zero-order valence-electron chi connectivity index (χ0n) is 20.4. The van der Waals surface area contributed by atoms with Crippen LogP contribution in [0, 0.1) is 0 Å². The van der Waals surface area contributed by atoms with Crippen molar-refractivity contribution in [1.29, 1.82) is 0 Å².